The number of nitrogens with zero attached hydrogens (tertiary/aromatic N) is 1. The molecule has 0 spiro atoms. The number of thiazole rings is 1. The van der Waals surface area contributed by atoms with E-state index in [-0.39, 0.29) is 22.5 Å². The van der Waals surface area contributed by atoms with Crippen molar-refractivity contribution in [1.82, 2.24) is 10.3 Å². The molecule has 2 amide bonds. The van der Waals surface area contributed by atoms with Gasteiger partial charge in [0.25, 0.3) is 5.91 Å². The van der Waals surface area contributed by atoms with Crippen LogP contribution < -0.4 is 10.6 Å². The van der Waals surface area contributed by atoms with Crippen molar-refractivity contribution in [3.63, 3.8) is 0 Å². The van der Waals surface area contributed by atoms with Crippen LogP contribution in [0.4, 0.5) is 9.93 Å². The van der Waals surface area contributed by atoms with Crippen molar-refractivity contribution in [2.45, 2.75) is 25.3 Å². The van der Waals surface area contributed by atoms with Crippen LogP contribution in [0.1, 0.15) is 39.3 Å². The third-order valence-corrected chi connectivity index (χ3v) is 6.80. The fourth-order valence-electron chi connectivity index (χ4n) is 3.85. The van der Waals surface area contributed by atoms with Gasteiger partial charge in [0.1, 0.15) is 11.5 Å². The molecule has 3 aromatic rings. The maximum atomic E-state index is 12.5. The molecule has 0 saturated carbocycles. The quantitative estimate of drug-likeness (QED) is 0.406. The summed E-state index contributed by atoms with van der Waals surface area (Å²) in [5, 5.41) is 23.5. The van der Waals surface area contributed by atoms with Crippen molar-refractivity contribution in [3.8, 4) is 11.1 Å². The van der Waals surface area contributed by atoms with E-state index < -0.39 is 30.1 Å². The number of aliphatic hydroxyl groups excluding tert-OH is 1. The van der Waals surface area contributed by atoms with E-state index in [0.29, 0.717) is 5.69 Å². The first-order chi connectivity index (χ1) is 16.2. The molecular formula is C24H23N3O6S. The van der Waals surface area contributed by atoms with Crippen LogP contribution in [-0.4, -0.2) is 51.9 Å². The number of aliphatic hydroxyl groups is 1. The highest BCUT2D eigenvalue weighted by atomic mass is 32.1. The third kappa shape index (κ3) is 4.37. The van der Waals surface area contributed by atoms with E-state index in [2.05, 4.69) is 15.6 Å². The molecule has 0 aliphatic heterocycles. The van der Waals surface area contributed by atoms with Gasteiger partial charge in [-0.2, -0.15) is 0 Å². The van der Waals surface area contributed by atoms with Crippen LogP contribution in [0.2, 0.25) is 0 Å². The number of fused-ring (bicyclic) bond motifs is 3. The fourth-order valence-corrected chi connectivity index (χ4v) is 4.70. The number of aromatic nitrogens is 1. The van der Waals surface area contributed by atoms with Crippen LogP contribution in [0, 0.1) is 6.92 Å². The molecule has 1 atom stereocenters. The predicted molar refractivity (Wildman–Crippen MR) is 126 cm³/mol. The summed E-state index contributed by atoms with van der Waals surface area (Å²) in [4.78, 5) is 40.6. The number of anilines is 1. The van der Waals surface area contributed by atoms with Gasteiger partial charge < -0.3 is 20.3 Å². The molecule has 0 bridgehead atoms. The Labute approximate surface area is 199 Å². The predicted octanol–water partition coefficient (Wildman–Crippen LogP) is 3.38. The molecule has 10 heteroatoms. The summed E-state index contributed by atoms with van der Waals surface area (Å²) in [6, 6.07) is 16.0. The first-order valence-electron chi connectivity index (χ1n) is 10.5. The summed E-state index contributed by atoms with van der Waals surface area (Å²) in [5.74, 6) is -2.18. The molecule has 0 saturated heterocycles. The molecule has 1 aromatic heterocycles. The van der Waals surface area contributed by atoms with Crippen molar-refractivity contribution in [2.24, 2.45) is 0 Å². The number of ether oxygens (including phenoxy) is 1. The molecule has 34 heavy (non-hydrogen) atoms. The number of benzene rings is 2. The molecule has 4 rings (SSSR count). The number of amides is 2. The van der Waals surface area contributed by atoms with Crippen LogP contribution in [0.15, 0.2) is 48.5 Å². The molecule has 1 heterocycles. The van der Waals surface area contributed by atoms with Gasteiger partial charge in [0.2, 0.25) is 0 Å². The third-order valence-electron chi connectivity index (χ3n) is 5.73. The second-order valence-electron chi connectivity index (χ2n) is 8.13. The molecule has 1 aliphatic rings. The van der Waals surface area contributed by atoms with Gasteiger partial charge in [-0.25, -0.2) is 14.6 Å². The Morgan fingerprint density at radius 1 is 1.09 bits per heavy atom. The van der Waals surface area contributed by atoms with Crippen LogP contribution in [-0.2, 0) is 9.53 Å². The Balaban J connectivity index is 1.42. The standard InChI is InChI=1S/C24H23N3O6S/c1-13-19(20(29)27-24(2,12-28)21(30)31)34-22(25-13)26-23(32)33-11-18-16-9-5-3-7-14(16)15-8-4-6-10-17(15)18/h3-10,18,28H,11-12H2,1-2H3,(H,27,29)(H,30,31)(H,25,26,32). The van der Waals surface area contributed by atoms with Crippen molar-refractivity contribution in [2.75, 3.05) is 18.5 Å². The lowest BCUT2D eigenvalue weighted by Gasteiger charge is -2.23. The number of hydrogen-bond donors (Lipinski definition) is 4. The Kier molecular flexibility index (Phi) is 6.36. The van der Waals surface area contributed by atoms with Gasteiger partial charge in [0.05, 0.1) is 12.3 Å². The van der Waals surface area contributed by atoms with Gasteiger partial charge in [-0.1, -0.05) is 59.9 Å². The highest BCUT2D eigenvalue weighted by Crippen LogP contribution is 2.44. The van der Waals surface area contributed by atoms with Crippen molar-refractivity contribution < 1.29 is 29.3 Å². The number of carbonyl (C=O) groups is 3. The van der Waals surface area contributed by atoms with Crippen LogP contribution >= 0.6 is 11.3 Å². The fraction of sp³-hybridized carbons (Fsp3) is 0.250. The van der Waals surface area contributed by atoms with Gasteiger partial charge in [-0.15, -0.1) is 0 Å². The smallest absolute Gasteiger partial charge is 0.413 e. The molecule has 9 nitrogen and oxygen atoms in total. The van der Waals surface area contributed by atoms with Crippen LogP contribution in [0.5, 0.6) is 0 Å². The molecule has 1 unspecified atom stereocenters. The Hall–Kier alpha value is -3.76. The Morgan fingerprint density at radius 2 is 1.68 bits per heavy atom. The number of carboxylic acid groups (broad SMARTS) is 1. The SMILES string of the molecule is Cc1nc(NC(=O)OCC2c3ccccc3-c3ccccc32)sc1C(=O)NC(C)(CO)C(=O)O. The number of hydrogen-bond acceptors (Lipinski definition) is 7. The zero-order chi connectivity index (χ0) is 24.5. The molecule has 2 aromatic carbocycles. The lowest BCUT2D eigenvalue weighted by atomic mass is 9.98. The summed E-state index contributed by atoms with van der Waals surface area (Å²) < 4.78 is 5.49. The van der Waals surface area contributed by atoms with Crippen molar-refractivity contribution in [3.05, 3.63) is 70.2 Å². The minimum atomic E-state index is -1.84. The monoisotopic (exact) mass is 481 g/mol. The molecule has 4 N–H and O–H groups in total. The average molecular weight is 482 g/mol. The summed E-state index contributed by atoms with van der Waals surface area (Å²) in [6.45, 7) is 2.10. The first kappa shape index (κ1) is 23.4. The number of rotatable bonds is 7. The minimum absolute atomic E-state index is 0.0929. The number of carbonyl (C=O) groups excluding carboxylic acids is 2. The van der Waals surface area contributed by atoms with Gasteiger partial charge in [-0.3, -0.25) is 10.1 Å². The molecule has 0 radical (unpaired) electrons. The van der Waals surface area contributed by atoms with Gasteiger partial charge in [-0.05, 0) is 36.1 Å². The summed E-state index contributed by atoms with van der Waals surface area (Å²) in [6.07, 6.45) is -0.715. The topological polar surface area (TPSA) is 138 Å². The molecule has 176 valence electrons. The zero-order valence-corrected chi connectivity index (χ0v) is 19.3. The highest BCUT2D eigenvalue weighted by molar-refractivity contribution is 7.17. The molecule has 1 aliphatic carbocycles. The zero-order valence-electron chi connectivity index (χ0n) is 18.5. The Morgan fingerprint density at radius 3 is 2.24 bits per heavy atom. The van der Waals surface area contributed by atoms with Crippen LogP contribution in [0.25, 0.3) is 11.1 Å². The van der Waals surface area contributed by atoms with Crippen molar-refractivity contribution >= 4 is 34.4 Å². The molecular weight excluding hydrogens is 458 g/mol. The summed E-state index contributed by atoms with van der Waals surface area (Å²) in [5.41, 5.74) is 2.89. The van der Waals surface area contributed by atoms with E-state index in [1.54, 1.807) is 6.92 Å². The normalized spacial score (nSPS) is 14.0. The van der Waals surface area contributed by atoms with E-state index >= 15 is 0 Å². The van der Waals surface area contributed by atoms with E-state index in [9.17, 15) is 24.6 Å². The number of nitrogens with one attached hydrogen (secondary N) is 2. The maximum Gasteiger partial charge on any atom is 0.413 e. The largest absolute Gasteiger partial charge is 0.479 e. The average Bonchev–Trinajstić information content (AvgIpc) is 3.34. The summed E-state index contributed by atoms with van der Waals surface area (Å²) in [7, 11) is 0. The summed E-state index contributed by atoms with van der Waals surface area (Å²) >= 11 is 0.884. The van der Waals surface area contributed by atoms with Gasteiger partial charge >= 0.3 is 12.1 Å². The van der Waals surface area contributed by atoms with Crippen molar-refractivity contribution in [1.29, 1.82) is 0 Å². The second-order valence-corrected chi connectivity index (χ2v) is 9.13. The highest BCUT2D eigenvalue weighted by Gasteiger charge is 2.35. The van der Waals surface area contributed by atoms with Gasteiger partial charge in [0, 0.05) is 5.92 Å². The minimum Gasteiger partial charge on any atom is -0.479 e. The Bertz CT molecular complexity index is 1230. The maximum absolute atomic E-state index is 12.5. The lowest BCUT2D eigenvalue weighted by molar-refractivity contribution is -0.145. The molecule has 0 fully saturated rings. The lowest BCUT2D eigenvalue weighted by Crippen LogP contribution is -2.54. The van der Waals surface area contributed by atoms with Crippen LogP contribution in [0.3, 0.4) is 0 Å². The number of aryl methyl sites for hydroxylation is 1. The number of aliphatic carboxylic acids is 1. The van der Waals surface area contributed by atoms with E-state index in [1.807, 2.05) is 48.5 Å². The van der Waals surface area contributed by atoms with E-state index in [0.717, 1.165) is 33.6 Å². The van der Waals surface area contributed by atoms with Gasteiger partial charge in [0.15, 0.2) is 10.7 Å². The second kappa shape index (κ2) is 9.24. The van der Waals surface area contributed by atoms with E-state index in [4.69, 9.17) is 4.74 Å². The number of carboxylic acids is 1. The van der Waals surface area contributed by atoms with E-state index in [1.165, 1.54) is 6.92 Å². The first-order valence-corrected chi connectivity index (χ1v) is 11.3.